The Kier molecular flexibility index (Phi) is 4.69. The molecule has 0 bridgehead atoms. The van der Waals surface area contributed by atoms with Gasteiger partial charge in [0.05, 0.1) is 18.8 Å². The lowest BCUT2D eigenvalue weighted by Crippen LogP contribution is -2.37. The third-order valence-corrected chi connectivity index (χ3v) is 3.71. The highest BCUT2D eigenvalue weighted by Gasteiger charge is 2.33. The highest BCUT2D eigenvalue weighted by Crippen LogP contribution is 2.31. The Morgan fingerprint density at radius 3 is 2.69 bits per heavy atom. The summed E-state index contributed by atoms with van der Waals surface area (Å²) in [5.74, 6) is -1.89. The maximum Gasteiger partial charge on any atom is 0.414 e. The number of aryl methyl sites for hydroxylation is 1. The zero-order valence-electron chi connectivity index (χ0n) is 13.7. The predicted molar refractivity (Wildman–Crippen MR) is 84.2 cm³/mol. The van der Waals surface area contributed by atoms with Crippen molar-refractivity contribution in [1.29, 1.82) is 0 Å². The average molecular weight is 367 g/mol. The SMILES string of the molecule is CCc1noc(-c2c(F)cc(N3CC(CNC(N)=O)OC3=O)cc2F)n1. The molecule has 3 amide bonds. The third kappa shape index (κ3) is 3.41. The van der Waals surface area contributed by atoms with Crippen LogP contribution in [0.5, 0.6) is 0 Å². The normalized spacial score (nSPS) is 16.7. The van der Waals surface area contributed by atoms with E-state index in [1.54, 1.807) is 6.92 Å². The molecule has 0 aliphatic carbocycles. The summed E-state index contributed by atoms with van der Waals surface area (Å²) in [7, 11) is 0. The molecule has 1 atom stereocenters. The molecule has 0 saturated carbocycles. The van der Waals surface area contributed by atoms with Crippen LogP contribution >= 0.6 is 0 Å². The van der Waals surface area contributed by atoms with E-state index in [0.717, 1.165) is 17.0 Å². The number of nitrogens with one attached hydrogen (secondary N) is 1. The minimum atomic E-state index is -0.960. The fraction of sp³-hybridized carbons (Fsp3) is 0.333. The van der Waals surface area contributed by atoms with Gasteiger partial charge < -0.3 is 20.3 Å². The first-order valence-corrected chi connectivity index (χ1v) is 7.72. The molecule has 0 spiro atoms. The average Bonchev–Trinajstić information content (AvgIpc) is 3.19. The first-order valence-electron chi connectivity index (χ1n) is 7.72. The van der Waals surface area contributed by atoms with Crippen molar-refractivity contribution in [2.24, 2.45) is 5.73 Å². The number of primary amides is 1. The summed E-state index contributed by atoms with van der Waals surface area (Å²) in [4.78, 5) is 27.6. The van der Waals surface area contributed by atoms with Gasteiger partial charge in [0, 0.05) is 6.42 Å². The molecule has 0 radical (unpaired) electrons. The summed E-state index contributed by atoms with van der Waals surface area (Å²) in [6.07, 6.45) is -1.03. The van der Waals surface area contributed by atoms with Crippen LogP contribution in [0, 0.1) is 11.6 Å². The maximum atomic E-state index is 14.4. The van der Waals surface area contributed by atoms with Crippen LogP contribution in [0.3, 0.4) is 0 Å². The number of benzene rings is 1. The molecule has 1 fully saturated rings. The van der Waals surface area contributed by atoms with E-state index in [9.17, 15) is 18.4 Å². The van der Waals surface area contributed by atoms with E-state index in [2.05, 4.69) is 15.5 Å². The highest BCUT2D eigenvalue weighted by molar-refractivity contribution is 5.90. The molecule has 9 nitrogen and oxygen atoms in total. The first-order chi connectivity index (χ1) is 12.4. The molecule has 1 aromatic heterocycles. The number of hydrogen-bond donors (Lipinski definition) is 2. The van der Waals surface area contributed by atoms with Gasteiger partial charge in [0.25, 0.3) is 5.89 Å². The number of amides is 3. The number of ether oxygens (including phenoxy) is 1. The standard InChI is InChI=1S/C15H15F2N5O4/c1-2-11-20-13(26-21-11)12-9(16)3-7(4-10(12)17)22-6-8(25-15(22)24)5-19-14(18)23/h3-4,8H,2,5-6H2,1H3,(H3,18,19,23). The Morgan fingerprint density at radius 2 is 2.12 bits per heavy atom. The number of carbonyl (C=O) groups is 2. The second-order valence-electron chi connectivity index (χ2n) is 5.52. The number of cyclic esters (lactones) is 1. The van der Waals surface area contributed by atoms with Gasteiger partial charge in [0.15, 0.2) is 5.82 Å². The van der Waals surface area contributed by atoms with Crippen molar-refractivity contribution in [3.63, 3.8) is 0 Å². The summed E-state index contributed by atoms with van der Waals surface area (Å²) < 4.78 is 38.7. The number of anilines is 1. The number of halogens is 2. The summed E-state index contributed by atoms with van der Waals surface area (Å²) >= 11 is 0. The quantitative estimate of drug-likeness (QED) is 0.827. The fourth-order valence-electron chi connectivity index (χ4n) is 2.47. The number of aromatic nitrogens is 2. The van der Waals surface area contributed by atoms with E-state index in [1.807, 2.05) is 0 Å². The Labute approximate surface area is 146 Å². The van der Waals surface area contributed by atoms with Crippen LogP contribution in [0.15, 0.2) is 16.7 Å². The van der Waals surface area contributed by atoms with Gasteiger partial charge in [0.1, 0.15) is 23.3 Å². The first kappa shape index (κ1) is 17.6. The molecule has 11 heteroatoms. The van der Waals surface area contributed by atoms with Gasteiger partial charge in [-0.3, -0.25) is 4.90 Å². The van der Waals surface area contributed by atoms with Crippen LogP contribution < -0.4 is 16.0 Å². The molecule has 2 heterocycles. The monoisotopic (exact) mass is 367 g/mol. The van der Waals surface area contributed by atoms with Crippen LogP contribution in [0.2, 0.25) is 0 Å². The lowest BCUT2D eigenvalue weighted by molar-refractivity contribution is 0.141. The molecule has 1 unspecified atom stereocenters. The molecular weight excluding hydrogens is 352 g/mol. The summed E-state index contributed by atoms with van der Waals surface area (Å²) in [6.45, 7) is 1.76. The minimum absolute atomic E-state index is 0.00210. The van der Waals surface area contributed by atoms with Gasteiger partial charge in [-0.2, -0.15) is 4.98 Å². The van der Waals surface area contributed by atoms with E-state index in [1.165, 1.54) is 0 Å². The van der Waals surface area contributed by atoms with Crippen molar-refractivity contribution < 1.29 is 27.6 Å². The predicted octanol–water partition coefficient (Wildman–Crippen LogP) is 1.57. The van der Waals surface area contributed by atoms with E-state index >= 15 is 0 Å². The molecule has 1 aliphatic rings. The number of hydrogen-bond acceptors (Lipinski definition) is 6. The number of nitrogens with zero attached hydrogens (tertiary/aromatic N) is 3. The van der Waals surface area contributed by atoms with Gasteiger partial charge in [-0.05, 0) is 12.1 Å². The molecule has 138 valence electrons. The second kappa shape index (κ2) is 6.94. The van der Waals surface area contributed by atoms with E-state index in [-0.39, 0.29) is 24.7 Å². The van der Waals surface area contributed by atoms with Gasteiger partial charge in [-0.1, -0.05) is 12.1 Å². The Morgan fingerprint density at radius 1 is 1.42 bits per heavy atom. The van der Waals surface area contributed by atoms with Crippen molar-refractivity contribution in [1.82, 2.24) is 15.5 Å². The number of urea groups is 1. The smallest absolute Gasteiger partial charge is 0.414 e. The molecule has 26 heavy (non-hydrogen) atoms. The third-order valence-electron chi connectivity index (χ3n) is 3.71. The molecule has 1 aliphatic heterocycles. The van der Waals surface area contributed by atoms with Crippen molar-refractivity contribution in [3.05, 3.63) is 29.6 Å². The lowest BCUT2D eigenvalue weighted by atomic mass is 10.1. The van der Waals surface area contributed by atoms with Crippen LogP contribution in [0.1, 0.15) is 12.7 Å². The zero-order valence-corrected chi connectivity index (χ0v) is 13.7. The number of nitrogens with two attached hydrogens (primary N) is 1. The highest BCUT2D eigenvalue weighted by atomic mass is 19.1. The fourth-order valence-corrected chi connectivity index (χ4v) is 2.47. The summed E-state index contributed by atoms with van der Waals surface area (Å²) in [5.41, 5.74) is 4.44. The van der Waals surface area contributed by atoms with Crippen LogP contribution in [-0.2, 0) is 11.2 Å². The molecular formula is C15H15F2N5O4. The van der Waals surface area contributed by atoms with E-state index < -0.39 is 35.4 Å². The van der Waals surface area contributed by atoms with Gasteiger partial charge >= 0.3 is 12.1 Å². The topological polar surface area (TPSA) is 124 Å². The molecule has 3 N–H and O–H groups in total. The maximum absolute atomic E-state index is 14.4. The number of rotatable bonds is 5. The summed E-state index contributed by atoms with van der Waals surface area (Å²) in [6, 6.07) is 1.17. The van der Waals surface area contributed by atoms with Crippen molar-refractivity contribution in [3.8, 4) is 11.5 Å². The molecule has 2 aromatic rings. The zero-order chi connectivity index (χ0) is 18.8. The van der Waals surface area contributed by atoms with Gasteiger partial charge in [-0.25, -0.2) is 18.4 Å². The Hall–Kier alpha value is -3.24. The lowest BCUT2D eigenvalue weighted by Gasteiger charge is -2.14. The Balaban J connectivity index is 1.83. The van der Waals surface area contributed by atoms with Crippen molar-refractivity contribution in [2.75, 3.05) is 18.0 Å². The molecule has 1 aromatic carbocycles. The van der Waals surface area contributed by atoms with Crippen LogP contribution in [-0.4, -0.2) is 41.5 Å². The van der Waals surface area contributed by atoms with Gasteiger partial charge in [-0.15, -0.1) is 0 Å². The largest absolute Gasteiger partial charge is 0.442 e. The van der Waals surface area contributed by atoms with E-state index in [0.29, 0.717) is 12.2 Å². The van der Waals surface area contributed by atoms with Crippen LogP contribution in [0.4, 0.5) is 24.1 Å². The summed E-state index contributed by atoms with van der Waals surface area (Å²) in [5, 5.41) is 5.90. The molecule has 1 saturated heterocycles. The van der Waals surface area contributed by atoms with Crippen LogP contribution in [0.25, 0.3) is 11.5 Å². The van der Waals surface area contributed by atoms with Crippen molar-refractivity contribution in [2.45, 2.75) is 19.4 Å². The Bertz CT molecular complexity index is 833. The second-order valence-corrected chi connectivity index (χ2v) is 5.52. The molecule has 3 rings (SSSR count). The van der Waals surface area contributed by atoms with Gasteiger partial charge in [0.2, 0.25) is 0 Å². The van der Waals surface area contributed by atoms with Crippen molar-refractivity contribution >= 4 is 17.8 Å². The minimum Gasteiger partial charge on any atom is -0.442 e. The van der Waals surface area contributed by atoms with E-state index in [4.69, 9.17) is 15.0 Å². The number of carbonyl (C=O) groups excluding carboxylic acids is 2.